The highest BCUT2D eigenvalue weighted by molar-refractivity contribution is 5.95. The number of H-pyrrole nitrogens is 1. The van der Waals surface area contributed by atoms with Crippen molar-refractivity contribution in [2.75, 3.05) is 0 Å². The molecule has 0 aliphatic heterocycles. The molecule has 2 N–H and O–H groups in total. The zero-order valence-electron chi connectivity index (χ0n) is 15.3. The van der Waals surface area contributed by atoms with Crippen molar-refractivity contribution in [1.29, 1.82) is 0 Å². The summed E-state index contributed by atoms with van der Waals surface area (Å²) in [7, 11) is 0. The zero-order chi connectivity index (χ0) is 18.7. The van der Waals surface area contributed by atoms with Gasteiger partial charge in [0.15, 0.2) is 0 Å². The lowest BCUT2D eigenvalue weighted by Crippen LogP contribution is -2.40. The molecule has 2 aromatic carbocycles. The molecule has 0 aliphatic rings. The third-order valence-corrected chi connectivity index (χ3v) is 3.99. The number of para-hydroxylation sites is 1. The Bertz CT molecular complexity index is 951. The predicted octanol–water partition coefficient (Wildman–Crippen LogP) is 3.45. The van der Waals surface area contributed by atoms with Crippen molar-refractivity contribution in [3.8, 4) is 0 Å². The molecule has 0 saturated heterocycles. The standard InChI is InChI=1S/C21H23N3O2/c1-21(2,3)22-20(26)15-8-6-7-14(11-15)12-16(25)13-19-17-9-4-5-10-18(17)23-24-19/h4-11H,12-13H2,1-3H3,(H,22,26)(H,23,24). The fourth-order valence-electron chi connectivity index (χ4n) is 2.87. The summed E-state index contributed by atoms with van der Waals surface area (Å²) in [5.74, 6) is -0.0563. The number of hydrogen-bond donors (Lipinski definition) is 2. The van der Waals surface area contributed by atoms with Crippen LogP contribution >= 0.6 is 0 Å². The molecule has 0 aliphatic carbocycles. The van der Waals surface area contributed by atoms with Gasteiger partial charge in [-0.2, -0.15) is 5.10 Å². The highest BCUT2D eigenvalue weighted by atomic mass is 16.1. The van der Waals surface area contributed by atoms with Crippen LogP contribution in [0.5, 0.6) is 0 Å². The maximum Gasteiger partial charge on any atom is 0.251 e. The summed E-state index contributed by atoms with van der Waals surface area (Å²) in [6, 6.07) is 15.0. The molecule has 0 atom stereocenters. The molecule has 0 spiro atoms. The average Bonchev–Trinajstić information content (AvgIpc) is 2.96. The Morgan fingerprint density at radius 2 is 1.81 bits per heavy atom. The molecule has 3 aromatic rings. The Morgan fingerprint density at radius 3 is 2.58 bits per heavy atom. The topological polar surface area (TPSA) is 74.8 Å². The van der Waals surface area contributed by atoms with Crippen LogP contribution in [-0.4, -0.2) is 27.4 Å². The first-order valence-corrected chi connectivity index (χ1v) is 8.67. The van der Waals surface area contributed by atoms with Crippen LogP contribution in [0, 0.1) is 0 Å². The fraction of sp³-hybridized carbons (Fsp3) is 0.286. The molecule has 0 unspecified atom stereocenters. The minimum Gasteiger partial charge on any atom is -0.347 e. The number of aromatic amines is 1. The molecule has 5 heteroatoms. The molecule has 0 bridgehead atoms. The first-order valence-electron chi connectivity index (χ1n) is 8.67. The summed E-state index contributed by atoms with van der Waals surface area (Å²) in [6.45, 7) is 5.81. The van der Waals surface area contributed by atoms with Crippen molar-refractivity contribution in [2.45, 2.75) is 39.2 Å². The third kappa shape index (κ3) is 4.36. The Morgan fingerprint density at radius 1 is 1.04 bits per heavy atom. The number of nitrogens with zero attached hydrogens (tertiary/aromatic N) is 1. The minimum absolute atomic E-state index is 0.0767. The molecule has 0 fully saturated rings. The molecule has 1 amide bonds. The van der Waals surface area contributed by atoms with E-state index in [1.54, 1.807) is 12.1 Å². The quantitative estimate of drug-likeness (QED) is 0.741. The third-order valence-electron chi connectivity index (χ3n) is 3.99. The van der Waals surface area contributed by atoms with Gasteiger partial charge in [-0.05, 0) is 44.5 Å². The second-order valence-electron chi connectivity index (χ2n) is 7.52. The van der Waals surface area contributed by atoms with Crippen LogP contribution in [0.3, 0.4) is 0 Å². The van der Waals surface area contributed by atoms with Gasteiger partial charge in [-0.25, -0.2) is 0 Å². The fourth-order valence-corrected chi connectivity index (χ4v) is 2.87. The van der Waals surface area contributed by atoms with Gasteiger partial charge >= 0.3 is 0 Å². The van der Waals surface area contributed by atoms with Gasteiger partial charge in [-0.3, -0.25) is 14.7 Å². The van der Waals surface area contributed by atoms with Crippen LogP contribution in [0.1, 0.15) is 42.4 Å². The van der Waals surface area contributed by atoms with Crippen molar-refractivity contribution in [1.82, 2.24) is 15.5 Å². The van der Waals surface area contributed by atoms with E-state index in [1.165, 1.54) is 0 Å². The number of aromatic nitrogens is 2. The zero-order valence-corrected chi connectivity index (χ0v) is 15.3. The number of carbonyl (C=O) groups excluding carboxylic acids is 2. The van der Waals surface area contributed by atoms with Crippen LogP contribution in [0.25, 0.3) is 10.9 Å². The SMILES string of the molecule is CC(C)(C)NC(=O)c1cccc(CC(=O)Cc2[nH]nc3ccccc23)c1. The molecule has 1 heterocycles. The molecular weight excluding hydrogens is 326 g/mol. The van der Waals surface area contributed by atoms with E-state index in [4.69, 9.17) is 0 Å². The van der Waals surface area contributed by atoms with Gasteiger partial charge in [0.2, 0.25) is 0 Å². The summed E-state index contributed by atoms with van der Waals surface area (Å²) in [5.41, 5.74) is 2.78. The van der Waals surface area contributed by atoms with Crippen LogP contribution < -0.4 is 5.32 Å². The lowest BCUT2D eigenvalue weighted by Gasteiger charge is -2.20. The number of rotatable bonds is 5. The molecule has 5 nitrogen and oxygen atoms in total. The minimum atomic E-state index is -0.301. The van der Waals surface area contributed by atoms with E-state index in [1.807, 2.05) is 57.2 Å². The molecule has 3 rings (SSSR count). The maximum absolute atomic E-state index is 12.5. The van der Waals surface area contributed by atoms with Gasteiger partial charge in [-0.1, -0.05) is 30.3 Å². The van der Waals surface area contributed by atoms with Gasteiger partial charge in [0.25, 0.3) is 5.91 Å². The van der Waals surface area contributed by atoms with E-state index in [-0.39, 0.29) is 23.7 Å². The van der Waals surface area contributed by atoms with E-state index in [0.717, 1.165) is 22.2 Å². The molecule has 134 valence electrons. The molecule has 0 saturated carbocycles. The van der Waals surface area contributed by atoms with Crippen LogP contribution in [-0.2, 0) is 17.6 Å². The van der Waals surface area contributed by atoms with Gasteiger partial charge in [-0.15, -0.1) is 0 Å². The average molecular weight is 349 g/mol. The first-order chi connectivity index (χ1) is 12.3. The van der Waals surface area contributed by atoms with E-state index in [2.05, 4.69) is 15.5 Å². The van der Waals surface area contributed by atoms with E-state index >= 15 is 0 Å². The largest absolute Gasteiger partial charge is 0.347 e. The lowest BCUT2D eigenvalue weighted by atomic mass is 10.0. The summed E-state index contributed by atoms with van der Waals surface area (Å²) in [4.78, 5) is 24.8. The number of amides is 1. The number of Topliss-reactive ketones (excluding diaryl/α,β-unsaturated/α-hetero) is 1. The molecular formula is C21H23N3O2. The number of hydrogen-bond acceptors (Lipinski definition) is 3. The Labute approximate surface area is 152 Å². The van der Waals surface area contributed by atoms with Crippen molar-refractivity contribution in [2.24, 2.45) is 0 Å². The number of carbonyl (C=O) groups is 2. The van der Waals surface area contributed by atoms with E-state index < -0.39 is 0 Å². The lowest BCUT2D eigenvalue weighted by molar-refractivity contribution is -0.117. The van der Waals surface area contributed by atoms with Crippen LogP contribution in [0.15, 0.2) is 48.5 Å². The summed E-state index contributed by atoms with van der Waals surface area (Å²) < 4.78 is 0. The molecule has 26 heavy (non-hydrogen) atoms. The Kier molecular flexibility index (Phi) is 4.89. The Hall–Kier alpha value is -2.95. The van der Waals surface area contributed by atoms with Crippen molar-refractivity contribution < 1.29 is 9.59 Å². The number of benzene rings is 2. The number of fused-ring (bicyclic) bond motifs is 1. The first kappa shape index (κ1) is 17.9. The molecule has 1 aromatic heterocycles. The van der Waals surface area contributed by atoms with Gasteiger partial charge < -0.3 is 5.32 Å². The second kappa shape index (κ2) is 7.12. The predicted molar refractivity (Wildman–Crippen MR) is 102 cm³/mol. The van der Waals surface area contributed by atoms with E-state index in [9.17, 15) is 9.59 Å². The monoisotopic (exact) mass is 349 g/mol. The van der Waals surface area contributed by atoms with Gasteiger partial charge in [0.05, 0.1) is 11.2 Å². The van der Waals surface area contributed by atoms with Crippen molar-refractivity contribution in [3.05, 3.63) is 65.4 Å². The van der Waals surface area contributed by atoms with Gasteiger partial charge in [0.1, 0.15) is 5.78 Å². The number of ketones is 1. The summed E-state index contributed by atoms with van der Waals surface area (Å²) in [6.07, 6.45) is 0.572. The van der Waals surface area contributed by atoms with Crippen LogP contribution in [0.4, 0.5) is 0 Å². The normalized spacial score (nSPS) is 11.5. The smallest absolute Gasteiger partial charge is 0.251 e. The van der Waals surface area contributed by atoms with Gasteiger partial charge in [0, 0.05) is 29.3 Å². The highest BCUT2D eigenvalue weighted by Crippen LogP contribution is 2.17. The highest BCUT2D eigenvalue weighted by Gasteiger charge is 2.16. The number of nitrogens with one attached hydrogen (secondary N) is 2. The van der Waals surface area contributed by atoms with Crippen molar-refractivity contribution in [3.63, 3.8) is 0 Å². The molecule has 0 radical (unpaired) electrons. The Balaban J connectivity index is 1.70. The van der Waals surface area contributed by atoms with Crippen LogP contribution in [0.2, 0.25) is 0 Å². The summed E-state index contributed by atoms with van der Waals surface area (Å²) >= 11 is 0. The second-order valence-corrected chi connectivity index (χ2v) is 7.52. The summed E-state index contributed by atoms with van der Waals surface area (Å²) in [5, 5.41) is 11.1. The maximum atomic E-state index is 12.5. The van der Waals surface area contributed by atoms with Crippen molar-refractivity contribution >= 4 is 22.6 Å². The van der Waals surface area contributed by atoms with E-state index in [0.29, 0.717) is 12.0 Å².